The summed E-state index contributed by atoms with van der Waals surface area (Å²) in [5, 5.41) is 15.3. The van der Waals surface area contributed by atoms with Gasteiger partial charge in [0, 0.05) is 26.1 Å². The van der Waals surface area contributed by atoms with Crippen LogP contribution in [-0.2, 0) is 20.9 Å². The molecule has 1 aliphatic carbocycles. The Kier molecular flexibility index (Phi) is 7.35. The normalized spacial score (nSPS) is 24.2. The average Bonchev–Trinajstić information content (AvgIpc) is 2.83. The molecule has 0 unspecified atom stereocenters. The van der Waals surface area contributed by atoms with Crippen molar-refractivity contribution in [3.05, 3.63) is 35.9 Å². The summed E-state index contributed by atoms with van der Waals surface area (Å²) < 4.78 is 0. The number of urea groups is 1. The van der Waals surface area contributed by atoms with Crippen LogP contribution >= 0.6 is 0 Å². The Hall–Kier alpha value is -3.14. The molecule has 2 N–H and O–H groups in total. The molecular formula is C24H33N5O5. The van der Waals surface area contributed by atoms with Gasteiger partial charge >= 0.3 is 12.0 Å². The summed E-state index contributed by atoms with van der Waals surface area (Å²) in [5.74, 6) is -1.49. The van der Waals surface area contributed by atoms with Crippen molar-refractivity contribution in [2.45, 2.75) is 69.7 Å². The first kappa shape index (κ1) is 24.0. The summed E-state index contributed by atoms with van der Waals surface area (Å²) in [6.45, 7) is 0.496. The Bertz CT molecular complexity index is 920. The number of amides is 4. The summed E-state index contributed by atoms with van der Waals surface area (Å²) in [6, 6.07) is 8.35. The topological polar surface area (TPSA) is 114 Å². The predicted octanol–water partition coefficient (Wildman–Crippen LogP) is 1.62. The highest BCUT2D eigenvalue weighted by Gasteiger charge is 2.51. The van der Waals surface area contributed by atoms with Gasteiger partial charge in [-0.25, -0.2) is 14.8 Å². The molecule has 184 valence electrons. The highest BCUT2D eigenvalue weighted by molar-refractivity contribution is 5.92. The minimum Gasteiger partial charge on any atom is -0.481 e. The Morgan fingerprint density at radius 3 is 2.47 bits per heavy atom. The van der Waals surface area contributed by atoms with Gasteiger partial charge in [0.05, 0.1) is 13.1 Å². The fraction of sp³-hybridized carbons (Fsp3) is 0.583. The molecule has 4 amide bonds. The third-order valence-corrected chi connectivity index (χ3v) is 7.03. The standard InChI is InChI=1S/C24H33N5O5/c1-26-16-21(30)28-19(12-13-22(31)32)23(33)27(18-10-6-3-7-11-18)15-20(28)29(26)24(34)25-14-17-8-4-2-5-9-17/h2,4-5,8-9,18-20H,3,6-7,10-16H2,1H3,(H,25,34)(H,31,32)/t19-,20-/m0/s1. The number of carboxylic acid groups (broad SMARTS) is 1. The first-order valence-electron chi connectivity index (χ1n) is 12.0. The smallest absolute Gasteiger partial charge is 0.334 e. The Morgan fingerprint density at radius 2 is 1.79 bits per heavy atom. The molecule has 3 aliphatic rings. The van der Waals surface area contributed by atoms with Gasteiger partial charge in [0.1, 0.15) is 12.2 Å². The van der Waals surface area contributed by atoms with Crippen LogP contribution in [0.3, 0.4) is 0 Å². The van der Waals surface area contributed by atoms with E-state index in [1.165, 1.54) is 9.91 Å². The minimum atomic E-state index is -1.02. The molecule has 0 bridgehead atoms. The third-order valence-electron chi connectivity index (χ3n) is 7.03. The van der Waals surface area contributed by atoms with E-state index in [-0.39, 0.29) is 49.8 Å². The van der Waals surface area contributed by atoms with Crippen molar-refractivity contribution >= 4 is 23.8 Å². The molecule has 2 atom stereocenters. The van der Waals surface area contributed by atoms with Crippen LogP contribution in [0, 0.1) is 0 Å². The molecular weight excluding hydrogens is 438 g/mol. The first-order valence-corrected chi connectivity index (χ1v) is 12.0. The molecule has 1 aromatic rings. The van der Waals surface area contributed by atoms with Gasteiger partial charge in [-0.05, 0) is 24.8 Å². The van der Waals surface area contributed by atoms with Gasteiger partial charge in [-0.15, -0.1) is 0 Å². The highest BCUT2D eigenvalue weighted by atomic mass is 16.4. The summed E-state index contributed by atoms with van der Waals surface area (Å²) >= 11 is 0. The average molecular weight is 472 g/mol. The molecule has 0 aromatic heterocycles. The number of carbonyl (C=O) groups excluding carboxylic acids is 3. The molecule has 10 heteroatoms. The van der Waals surface area contributed by atoms with E-state index in [9.17, 15) is 24.3 Å². The third kappa shape index (κ3) is 5.01. The van der Waals surface area contributed by atoms with Crippen molar-refractivity contribution < 1.29 is 24.3 Å². The molecule has 0 radical (unpaired) electrons. The predicted molar refractivity (Wildman–Crippen MR) is 123 cm³/mol. The summed E-state index contributed by atoms with van der Waals surface area (Å²) in [7, 11) is 1.69. The number of piperazine rings is 1. The van der Waals surface area contributed by atoms with E-state index < -0.39 is 18.2 Å². The zero-order valence-electron chi connectivity index (χ0n) is 19.6. The molecule has 2 heterocycles. The zero-order chi connectivity index (χ0) is 24.2. The number of aliphatic carboxylic acids is 1. The second kappa shape index (κ2) is 10.4. The second-order valence-electron chi connectivity index (χ2n) is 9.32. The van der Waals surface area contributed by atoms with Gasteiger partial charge in [-0.3, -0.25) is 14.4 Å². The Morgan fingerprint density at radius 1 is 1.09 bits per heavy atom. The second-order valence-corrected chi connectivity index (χ2v) is 9.32. The van der Waals surface area contributed by atoms with Gasteiger partial charge in [0.2, 0.25) is 11.8 Å². The van der Waals surface area contributed by atoms with E-state index in [1.807, 2.05) is 30.3 Å². The van der Waals surface area contributed by atoms with Crippen molar-refractivity contribution in [2.24, 2.45) is 0 Å². The fourth-order valence-corrected chi connectivity index (χ4v) is 5.38. The van der Waals surface area contributed by atoms with E-state index in [4.69, 9.17) is 0 Å². The van der Waals surface area contributed by atoms with Gasteiger partial charge in [0.25, 0.3) is 0 Å². The van der Waals surface area contributed by atoms with Crippen LogP contribution in [0.15, 0.2) is 30.3 Å². The van der Waals surface area contributed by atoms with Crippen LogP contribution in [0.4, 0.5) is 4.79 Å². The van der Waals surface area contributed by atoms with E-state index in [2.05, 4.69) is 5.32 Å². The van der Waals surface area contributed by atoms with Crippen molar-refractivity contribution in [1.29, 1.82) is 0 Å². The van der Waals surface area contributed by atoms with Gasteiger partial charge < -0.3 is 20.2 Å². The van der Waals surface area contributed by atoms with Gasteiger partial charge in [0.15, 0.2) is 0 Å². The highest BCUT2D eigenvalue weighted by Crippen LogP contribution is 2.32. The van der Waals surface area contributed by atoms with Crippen molar-refractivity contribution in [1.82, 2.24) is 25.1 Å². The number of nitrogens with zero attached hydrogens (tertiary/aromatic N) is 4. The fourth-order valence-electron chi connectivity index (χ4n) is 5.38. The van der Waals surface area contributed by atoms with Crippen LogP contribution in [-0.4, -0.2) is 87.1 Å². The quantitative estimate of drug-likeness (QED) is 0.652. The number of likely N-dealkylation sites (N-methyl/N-ethyl adjacent to an activating group) is 1. The zero-order valence-corrected chi connectivity index (χ0v) is 19.6. The molecule has 10 nitrogen and oxygen atoms in total. The van der Waals surface area contributed by atoms with Crippen LogP contribution in [0.5, 0.6) is 0 Å². The van der Waals surface area contributed by atoms with Crippen molar-refractivity contribution in [3.8, 4) is 0 Å². The lowest BCUT2D eigenvalue weighted by Crippen LogP contribution is -2.76. The SMILES string of the molecule is CN1CC(=O)N2[C@@H](CCC(=O)O)C(=O)N(C3CCCCC3)C[C@@H]2N1C(=O)NCc1ccccc1. The van der Waals surface area contributed by atoms with Crippen LogP contribution in [0.1, 0.15) is 50.5 Å². The Balaban J connectivity index is 1.60. The number of carbonyl (C=O) groups is 4. The number of rotatable bonds is 6. The lowest BCUT2D eigenvalue weighted by molar-refractivity contribution is -0.190. The van der Waals surface area contributed by atoms with Crippen LogP contribution in [0.25, 0.3) is 0 Å². The summed E-state index contributed by atoms with van der Waals surface area (Å²) in [4.78, 5) is 54.5. The Labute approximate surface area is 199 Å². The van der Waals surface area contributed by atoms with E-state index >= 15 is 0 Å². The van der Waals surface area contributed by atoms with Crippen LogP contribution in [0.2, 0.25) is 0 Å². The molecule has 1 aromatic carbocycles. The van der Waals surface area contributed by atoms with E-state index in [1.54, 1.807) is 17.0 Å². The summed E-state index contributed by atoms with van der Waals surface area (Å²) in [6.07, 6.45) is 4.09. The summed E-state index contributed by atoms with van der Waals surface area (Å²) in [5.41, 5.74) is 0.949. The van der Waals surface area contributed by atoms with E-state index in [0.29, 0.717) is 6.54 Å². The molecule has 34 heavy (non-hydrogen) atoms. The molecule has 3 fully saturated rings. The number of benzene rings is 1. The number of nitrogens with one attached hydrogen (secondary N) is 1. The minimum absolute atomic E-state index is 0.0306. The van der Waals surface area contributed by atoms with Crippen LogP contribution < -0.4 is 5.32 Å². The van der Waals surface area contributed by atoms with Crippen molar-refractivity contribution in [3.63, 3.8) is 0 Å². The number of hydrazine groups is 1. The molecule has 4 rings (SSSR count). The molecule has 1 saturated carbocycles. The maximum absolute atomic E-state index is 13.5. The maximum atomic E-state index is 13.5. The molecule has 2 saturated heterocycles. The lowest BCUT2D eigenvalue weighted by atomic mass is 9.91. The monoisotopic (exact) mass is 471 g/mol. The number of hydrogen-bond acceptors (Lipinski definition) is 5. The number of hydrogen-bond donors (Lipinski definition) is 2. The van der Waals surface area contributed by atoms with Crippen molar-refractivity contribution in [2.75, 3.05) is 20.1 Å². The largest absolute Gasteiger partial charge is 0.481 e. The first-order chi connectivity index (χ1) is 16.4. The lowest BCUT2D eigenvalue weighted by Gasteiger charge is -2.55. The maximum Gasteiger partial charge on any atom is 0.334 e. The van der Waals surface area contributed by atoms with Gasteiger partial charge in [-0.2, -0.15) is 0 Å². The molecule has 2 aliphatic heterocycles. The number of carboxylic acids is 1. The van der Waals surface area contributed by atoms with E-state index in [0.717, 1.165) is 37.7 Å². The molecule has 0 spiro atoms. The number of fused-ring (bicyclic) bond motifs is 1. The van der Waals surface area contributed by atoms with Gasteiger partial charge in [-0.1, -0.05) is 49.6 Å².